The number of benzene rings is 1. The van der Waals surface area contributed by atoms with Gasteiger partial charge >= 0.3 is 0 Å². The Balaban J connectivity index is 2.19. The first kappa shape index (κ1) is 15.7. The summed E-state index contributed by atoms with van der Waals surface area (Å²) >= 11 is 5.70. The highest BCUT2D eigenvalue weighted by molar-refractivity contribution is 7.92. The predicted molar refractivity (Wildman–Crippen MR) is 82.8 cm³/mol. The zero-order valence-corrected chi connectivity index (χ0v) is 13.3. The number of hydrogen-bond acceptors (Lipinski definition) is 4. The lowest BCUT2D eigenvalue weighted by molar-refractivity contribution is 0.601. The molecule has 2 rings (SSSR count). The number of anilines is 1. The third-order valence-corrected chi connectivity index (χ3v) is 4.33. The third kappa shape index (κ3) is 4.41. The van der Waals surface area contributed by atoms with Gasteiger partial charge in [-0.3, -0.25) is 4.72 Å². The molecular formula is C14H16ClN3O2S. The van der Waals surface area contributed by atoms with Crippen LogP contribution in [0.1, 0.15) is 19.4 Å². The van der Waals surface area contributed by atoms with Crippen molar-refractivity contribution in [3.05, 3.63) is 47.4 Å². The van der Waals surface area contributed by atoms with Crippen LogP contribution < -0.4 is 4.72 Å². The Morgan fingerprint density at radius 3 is 2.43 bits per heavy atom. The van der Waals surface area contributed by atoms with Gasteiger partial charge in [-0.2, -0.15) is 0 Å². The van der Waals surface area contributed by atoms with Crippen LogP contribution in [0, 0.1) is 5.92 Å². The highest BCUT2D eigenvalue weighted by atomic mass is 35.5. The van der Waals surface area contributed by atoms with E-state index in [0.717, 1.165) is 12.0 Å². The lowest BCUT2D eigenvalue weighted by Gasteiger charge is -2.09. The molecule has 7 heteroatoms. The number of hydrogen-bond donors (Lipinski definition) is 1. The van der Waals surface area contributed by atoms with Crippen LogP contribution in [0.2, 0.25) is 5.15 Å². The summed E-state index contributed by atoms with van der Waals surface area (Å²) in [5.41, 5.74) is 1.11. The fourth-order valence-electron chi connectivity index (χ4n) is 1.86. The van der Waals surface area contributed by atoms with Gasteiger partial charge in [-0.05, 0) is 30.0 Å². The van der Waals surface area contributed by atoms with E-state index in [0.29, 0.717) is 5.92 Å². The molecule has 0 aliphatic heterocycles. The molecule has 0 atom stereocenters. The summed E-state index contributed by atoms with van der Waals surface area (Å²) in [4.78, 5) is 7.71. The van der Waals surface area contributed by atoms with E-state index in [-0.39, 0.29) is 15.9 Å². The third-order valence-electron chi connectivity index (χ3n) is 2.75. The number of halogens is 1. The van der Waals surface area contributed by atoms with E-state index < -0.39 is 10.0 Å². The van der Waals surface area contributed by atoms with Gasteiger partial charge in [0, 0.05) is 6.07 Å². The molecule has 1 heterocycles. The summed E-state index contributed by atoms with van der Waals surface area (Å²) in [6.07, 6.45) is 2.11. The number of nitrogens with one attached hydrogen (secondary N) is 1. The molecule has 0 unspecified atom stereocenters. The number of sulfonamides is 1. The molecule has 0 amide bonds. The van der Waals surface area contributed by atoms with Gasteiger partial charge < -0.3 is 0 Å². The van der Waals surface area contributed by atoms with Crippen molar-refractivity contribution in [3.63, 3.8) is 0 Å². The van der Waals surface area contributed by atoms with Crippen LogP contribution in [0.5, 0.6) is 0 Å². The summed E-state index contributed by atoms with van der Waals surface area (Å²) in [6.45, 7) is 4.23. The van der Waals surface area contributed by atoms with Crippen molar-refractivity contribution in [2.24, 2.45) is 5.92 Å². The van der Waals surface area contributed by atoms with Crippen molar-refractivity contribution in [3.8, 4) is 0 Å². The molecule has 0 fully saturated rings. The molecule has 0 saturated heterocycles. The van der Waals surface area contributed by atoms with Crippen LogP contribution in [0.3, 0.4) is 0 Å². The lowest BCUT2D eigenvalue weighted by atomic mass is 10.0. The standard InChI is InChI=1S/C14H16ClN3O2S/c1-10(2)7-11-3-5-12(6-4-11)21(19,20)18-14-8-13(15)16-9-17-14/h3-6,8-10H,7H2,1-2H3,(H,16,17,18). The topological polar surface area (TPSA) is 72.0 Å². The van der Waals surface area contributed by atoms with Crippen molar-refractivity contribution in [1.82, 2.24) is 9.97 Å². The number of aromatic nitrogens is 2. The fraction of sp³-hybridized carbons (Fsp3) is 0.286. The van der Waals surface area contributed by atoms with Gasteiger partial charge in [-0.15, -0.1) is 0 Å². The molecule has 1 N–H and O–H groups in total. The van der Waals surface area contributed by atoms with Gasteiger partial charge in [0.05, 0.1) is 4.90 Å². The molecule has 0 bridgehead atoms. The Morgan fingerprint density at radius 2 is 1.86 bits per heavy atom. The largest absolute Gasteiger partial charge is 0.263 e. The van der Waals surface area contributed by atoms with Gasteiger partial charge in [0.25, 0.3) is 10.0 Å². The zero-order valence-electron chi connectivity index (χ0n) is 11.7. The molecule has 0 spiro atoms. The molecule has 0 aliphatic carbocycles. The second-order valence-electron chi connectivity index (χ2n) is 5.07. The van der Waals surface area contributed by atoms with Crippen LogP contribution >= 0.6 is 11.6 Å². The van der Waals surface area contributed by atoms with Crippen LogP contribution in [0.25, 0.3) is 0 Å². The molecule has 0 radical (unpaired) electrons. The number of nitrogens with zero attached hydrogens (tertiary/aromatic N) is 2. The smallest absolute Gasteiger partial charge is 0.263 e. The zero-order chi connectivity index (χ0) is 15.5. The van der Waals surface area contributed by atoms with E-state index in [9.17, 15) is 8.42 Å². The van der Waals surface area contributed by atoms with Crippen LogP contribution in [-0.4, -0.2) is 18.4 Å². The molecule has 112 valence electrons. The summed E-state index contributed by atoms with van der Waals surface area (Å²) in [5, 5.41) is 0.176. The summed E-state index contributed by atoms with van der Waals surface area (Å²) in [7, 11) is -3.67. The minimum atomic E-state index is -3.67. The first-order valence-electron chi connectivity index (χ1n) is 6.46. The summed E-state index contributed by atoms with van der Waals surface area (Å²) in [5.74, 6) is 0.662. The maximum absolute atomic E-state index is 12.2. The Labute approximate surface area is 129 Å². The van der Waals surface area contributed by atoms with E-state index in [4.69, 9.17) is 11.6 Å². The van der Waals surface area contributed by atoms with E-state index in [2.05, 4.69) is 28.5 Å². The van der Waals surface area contributed by atoms with Crippen LogP contribution in [-0.2, 0) is 16.4 Å². The van der Waals surface area contributed by atoms with Gasteiger partial charge in [-0.1, -0.05) is 37.6 Å². The Kier molecular flexibility index (Phi) is 4.80. The van der Waals surface area contributed by atoms with Crippen molar-refractivity contribution in [1.29, 1.82) is 0 Å². The second-order valence-corrected chi connectivity index (χ2v) is 7.14. The molecule has 5 nitrogen and oxygen atoms in total. The van der Waals surface area contributed by atoms with Gasteiger partial charge in [0.2, 0.25) is 0 Å². The first-order chi connectivity index (χ1) is 9.87. The Hall–Kier alpha value is -1.66. The molecule has 0 aliphatic rings. The highest BCUT2D eigenvalue weighted by Crippen LogP contribution is 2.17. The predicted octanol–water partition coefficient (Wildman–Crippen LogP) is 3.13. The maximum atomic E-state index is 12.2. The molecule has 1 aromatic heterocycles. The maximum Gasteiger partial charge on any atom is 0.263 e. The monoisotopic (exact) mass is 325 g/mol. The normalized spacial score (nSPS) is 11.6. The lowest BCUT2D eigenvalue weighted by Crippen LogP contribution is -2.14. The van der Waals surface area contributed by atoms with Crippen molar-refractivity contribution >= 4 is 27.4 Å². The van der Waals surface area contributed by atoms with Gasteiger partial charge in [-0.25, -0.2) is 18.4 Å². The summed E-state index contributed by atoms with van der Waals surface area (Å²) in [6, 6.07) is 8.17. The molecule has 21 heavy (non-hydrogen) atoms. The average Bonchev–Trinajstić information content (AvgIpc) is 2.38. The van der Waals surface area contributed by atoms with Crippen LogP contribution in [0.15, 0.2) is 41.6 Å². The SMILES string of the molecule is CC(C)Cc1ccc(S(=O)(=O)Nc2cc(Cl)ncn2)cc1. The second kappa shape index (κ2) is 6.41. The molecule has 0 saturated carbocycles. The first-order valence-corrected chi connectivity index (χ1v) is 8.32. The fourth-order valence-corrected chi connectivity index (χ4v) is 3.01. The molecule has 2 aromatic rings. The quantitative estimate of drug-likeness (QED) is 0.857. The van der Waals surface area contributed by atoms with Gasteiger partial charge in [0.1, 0.15) is 17.3 Å². The highest BCUT2D eigenvalue weighted by Gasteiger charge is 2.15. The molecule has 1 aromatic carbocycles. The van der Waals surface area contributed by atoms with E-state index in [1.807, 2.05) is 12.1 Å². The van der Waals surface area contributed by atoms with E-state index in [1.165, 1.54) is 12.4 Å². The average molecular weight is 326 g/mol. The Morgan fingerprint density at radius 1 is 1.19 bits per heavy atom. The minimum absolute atomic E-state index is 0.140. The van der Waals surface area contributed by atoms with Crippen molar-refractivity contribution in [2.75, 3.05) is 4.72 Å². The van der Waals surface area contributed by atoms with Crippen molar-refractivity contribution < 1.29 is 8.42 Å². The Bertz CT molecular complexity index is 715. The molecular weight excluding hydrogens is 310 g/mol. The van der Waals surface area contributed by atoms with E-state index in [1.54, 1.807) is 12.1 Å². The summed E-state index contributed by atoms with van der Waals surface area (Å²) < 4.78 is 26.8. The van der Waals surface area contributed by atoms with Gasteiger partial charge in [0.15, 0.2) is 0 Å². The number of rotatable bonds is 5. The van der Waals surface area contributed by atoms with Crippen LogP contribution in [0.4, 0.5) is 5.82 Å². The van der Waals surface area contributed by atoms with Crippen molar-refractivity contribution in [2.45, 2.75) is 25.2 Å². The minimum Gasteiger partial charge on any atom is -0.263 e. The van der Waals surface area contributed by atoms with E-state index >= 15 is 0 Å².